The average molecular weight is 310 g/mol. The summed E-state index contributed by atoms with van der Waals surface area (Å²) in [6.45, 7) is 4.55. The molecule has 21 heavy (non-hydrogen) atoms. The maximum atomic E-state index is 12.7. The zero-order chi connectivity index (χ0) is 15.4. The molecular weight excluding hydrogens is 290 g/mol. The van der Waals surface area contributed by atoms with Crippen LogP contribution < -0.4 is 0 Å². The molecule has 0 aliphatic carbocycles. The van der Waals surface area contributed by atoms with Gasteiger partial charge in [-0.3, -0.25) is 4.79 Å². The molecule has 0 aromatic heterocycles. The number of rotatable bonds is 3. The summed E-state index contributed by atoms with van der Waals surface area (Å²) in [7, 11) is 0. The molecule has 1 saturated heterocycles. The maximum absolute atomic E-state index is 12.7. The predicted octanol–water partition coefficient (Wildman–Crippen LogP) is 3.21. The van der Waals surface area contributed by atoms with E-state index in [-0.39, 0.29) is 11.9 Å². The molecule has 1 aliphatic rings. The van der Waals surface area contributed by atoms with Gasteiger partial charge in [-0.2, -0.15) is 0 Å². The zero-order valence-electron chi connectivity index (χ0n) is 12.4. The number of piperidine rings is 1. The summed E-state index contributed by atoms with van der Waals surface area (Å²) in [5, 5.41) is 0.632. The summed E-state index contributed by atoms with van der Waals surface area (Å²) < 4.78 is 5.09. The van der Waals surface area contributed by atoms with E-state index in [0.717, 1.165) is 18.4 Å². The molecule has 1 fully saturated rings. The normalized spacial score (nSPS) is 18.4. The van der Waals surface area contributed by atoms with Crippen LogP contribution >= 0.6 is 11.6 Å². The molecular formula is C16H20ClNO3. The second-order valence-electron chi connectivity index (χ2n) is 5.23. The van der Waals surface area contributed by atoms with Gasteiger partial charge in [0.05, 0.1) is 6.61 Å². The van der Waals surface area contributed by atoms with Crippen LogP contribution in [0.2, 0.25) is 5.02 Å². The minimum absolute atomic E-state index is 0.132. The van der Waals surface area contributed by atoms with Crippen LogP contribution in [0.5, 0.6) is 0 Å². The van der Waals surface area contributed by atoms with Crippen LogP contribution in [0, 0.1) is 6.92 Å². The molecule has 1 aromatic carbocycles. The van der Waals surface area contributed by atoms with Crippen molar-refractivity contribution in [2.75, 3.05) is 13.2 Å². The number of likely N-dealkylation sites (tertiary alicyclic amines) is 1. The van der Waals surface area contributed by atoms with E-state index in [4.69, 9.17) is 16.3 Å². The lowest BCUT2D eigenvalue weighted by atomic mass is 10.0. The highest BCUT2D eigenvalue weighted by Crippen LogP contribution is 2.23. The molecule has 0 N–H and O–H groups in total. The van der Waals surface area contributed by atoms with Crippen molar-refractivity contribution in [3.8, 4) is 0 Å². The first kappa shape index (κ1) is 15.8. The lowest BCUT2D eigenvalue weighted by Gasteiger charge is -2.34. The number of ether oxygens (including phenoxy) is 1. The highest BCUT2D eigenvalue weighted by atomic mass is 35.5. The summed E-state index contributed by atoms with van der Waals surface area (Å²) in [5.74, 6) is -0.441. The second kappa shape index (κ2) is 6.94. The molecule has 1 heterocycles. The smallest absolute Gasteiger partial charge is 0.328 e. The Morgan fingerprint density at radius 3 is 2.81 bits per heavy atom. The molecule has 0 bridgehead atoms. The van der Waals surface area contributed by atoms with Gasteiger partial charge < -0.3 is 9.64 Å². The lowest BCUT2D eigenvalue weighted by molar-refractivity contribution is -0.149. The van der Waals surface area contributed by atoms with Crippen molar-refractivity contribution < 1.29 is 14.3 Å². The number of aryl methyl sites for hydroxylation is 1. The van der Waals surface area contributed by atoms with Crippen LogP contribution in [-0.4, -0.2) is 36.0 Å². The minimum atomic E-state index is -0.470. The number of halogens is 1. The molecule has 1 amide bonds. The van der Waals surface area contributed by atoms with E-state index >= 15 is 0 Å². The maximum Gasteiger partial charge on any atom is 0.328 e. The van der Waals surface area contributed by atoms with Gasteiger partial charge >= 0.3 is 5.97 Å². The molecule has 4 nitrogen and oxygen atoms in total. The Morgan fingerprint density at radius 1 is 1.38 bits per heavy atom. The SMILES string of the molecule is CCOC(=O)[C@@H]1CCCCN1C(=O)c1ccc(Cl)c(C)c1. The number of carbonyl (C=O) groups excluding carboxylic acids is 2. The van der Waals surface area contributed by atoms with Gasteiger partial charge in [0, 0.05) is 17.1 Å². The monoisotopic (exact) mass is 309 g/mol. The highest BCUT2D eigenvalue weighted by molar-refractivity contribution is 6.31. The van der Waals surface area contributed by atoms with Gasteiger partial charge in [-0.1, -0.05) is 11.6 Å². The highest BCUT2D eigenvalue weighted by Gasteiger charge is 2.33. The van der Waals surface area contributed by atoms with Gasteiger partial charge in [-0.25, -0.2) is 4.79 Å². The van der Waals surface area contributed by atoms with Crippen LogP contribution in [0.15, 0.2) is 18.2 Å². The van der Waals surface area contributed by atoms with Crippen molar-refractivity contribution in [2.24, 2.45) is 0 Å². The van der Waals surface area contributed by atoms with Crippen LogP contribution in [0.1, 0.15) is 42.1 Å². The lowest BCUT2D eigenvalue weighted by Crippen LogP contribution is -2.48. The molecule has 2 rings (SSSR count). The van der Waals surface area contributed by atoms with Crippen molar-refractivity contribution in [3.05, 3.63) is 34.3 Å². The number of benzene rings is 1. The number of hydrogen-bond donors (Lipinski definition) is 0. The molecule has 1 atom stereocenters. The molecule has 0 radical (unpaired) electrons. The molecule has 0 spiro atoms. The van der Waals surface area contributed by atoms with Gasteiger partial charge in [-0.15, -0.1) is 0 Å². The third kappa shape index (κ3) is 3.56. The van der Waals surface area contributed by atoms with E-state index in [0.29, 0.717) is 30.2 Å². The summed E-state index contributed by atoms with van der Waals surface area (Å²) in [5.41, 5.74) is 1.42. The first-order valence-electron chi connectivity index (χ1n) is 7.28. The Labute approximate surface area is 130 Å². The molecule has 5 heteroatoms. The standard InChI is InChI=1S/C16H20ClNO3/c1-3-21-16(20)14-6-4-5-9-18(14)15(19)12-7-8-13(17)11(2)10-12/h7-8,10,14H,3-6,9H2,1-2H3/t14-/m0/s1. The predicted molar refractivity (Wildman–Crippen MR) is 81.5 cm³/mol. The number of carbonyl (C=O) groups is 2. The van der Waals surface area contributed by atoms with Crippen LogP contribution in [0.4, 0.5) is 0 Å². The zero-order valence-corrected chi connectivity index (χ0v) is 13.2. The topological polar surface area (TPSA) is 46.6 Å². The third-order valence-corrected chi connectivity index (χ3v) is 4.15. The quantitative estimate of drug-likeness (QED) is 0.806. The summed E-state index contributed by atoms with van der Waals surface area (Å²) in [6, 6.07) is 4.71. The van der Waals surface area contributed by atoms with Crippen molar-refractivity contribution in [2.45, 2.75) is 39.2 Å². The van der Waals surface area contributed by atoms with Crippen molar-refractivity contribution >= 4 is 23.5 Å². The Hall–Kier alpha value is -1.55. The van der Waals surface area contributed by atoms with Crippen molar-refractivity contribution in [3.63, 3.8) is 0 Å². The molecule has 0 saturated carbocycles. The van der Waals surface area contributed by atoms with Gasteiger partial charge in [0.25, 0.3) is 5.91 Å². The fourth-order valence-electron chi connectivity index (χ4n) is 2.60. The van der Waals surface area contributed by atoms with Crippen LogP contribution in [-0.2, 0) is 9.53 Å². The summed E-state index contributed by atoms with van der Waals surface area (Å²) in [6.07, 6.45) is 2.51. The average Bonchev–Trinajstić information content (AvgIpc) is 2.49. The first-order valence-corrected chi connectivity index (χ1v) is 7.66. The summed E-state index contributed by atoms with van der Waals surface area (Å²) >= 11 is 5.99. The Kier molecular flexibility index (Phi) is 5.23. The first-order chi connectivity index (χ1) is 10.0. The van der Waals surface area contributed by atoms with Gasteiger partial charge in [0.2, 0.25) is 0 Å². The van der Waals surface area contributed by atoms with Crippen LogP contribution in [0.25, 0.3) is 0 Å². The Balaban J connectivity index is 2.21. The van der Waals surface area contributed by atoms with E-state index < -0.39 is 6.04 Å². The number of amides is 1. The van der Waals surface area contributed by atoms with E-state index in [1.54, 1.807) is 30.0 Å². The fourth-order valence-corrected chi connectivity index (χ4v) is 2.72. The molecule has 1 aromatic rings. The minimum Gasteiger partial charge on any atom is -0.464 e. The number of hydrogen-bond acceptors (Lipinski definition) is 3. The second-order valence-corrected chi connectivity index (χ2v) is 5.63. The van der Waals surface area contributed by atoms with E-state index in [2.05, 4.69) is 0 Å². The van der Waals surface area contributed by atoms with Crippen molar-refractivity contribution in [1.29, 1.82) is 0 Å². The Bertz CT molecular complexity index is 544. The van der Waals surface area contributed by atoms with Gasteiger partial charge in [-0.05, 0) is 56.9 Å². The number of nitrogens with zero attached hydrogens (tertiary/aromatic N) is 1. The molecule has 1 aliphatic heterocycles. The Morgan fingerprint density at radius 2 is 2.14 bits per heavy atom. The van der Waals surface area contributed by atoms with E-state index in [1.165, 1.54) is 0 Å². The van der Waals surface area contributed by atoms with Crippen molar-refractivity contribution in [1.82, 2.24) is 4.90 Å². The number of esters is 1. The van der Waals surface area contributed by atoms with E-state index in [1.807, 2.05) is 6.92 Å². The largest absolute Gasteiger partial charge is 0.464 e. The van der Waals surface area contributed by atoms with Gasteiger partial charge in [0.1, 0.15) is 6.04 Å². The fraction of sp³-hybridized carbons (Fsp3) is 0.500. The third-order valence-electron chi connectivity index (χ3n) is 3.73. The van der Waals surface area contributed by atoms with Gasteiger partial charge in [0.15, 0.2) is 0 Å². The molecule has 114 valence electrons. The van der Waals surface area contributed by atoms with Crippen LogP contribution in [0.3, 0.4) is 0 Å². The summed E-state index contributed by atoms with van der Waals surface area (Å²) in [4.78, 5) is 26.3. The van der Waals surface area contributed by atoms with E-state index in [9.17, 15) is 9.59 Å². The molecule has 0 unspecified atom stereocenters.